The molecule has 0 unspecified atom stereocenters. The maximum Gasteiger partial charge on any atom is 0.326 e. The van der Waals surface area contributed by atoms with Crippen LogP contribution < -0.4 is 5.32 Å². The van der Waals surface area contributed by atoms with Crippen LogP contribution in [0.5, 0.6) is 0 Å². The summed E-state index contributed by atoms with van der Waals surface area (Å²) in [6.45, 7) is 0.439. The molecule has 1 saturated heterocycles. The molecule has 2 N–H and O–H groups in total. The number of likely N-dealkylation sites (tertiary alicyclic amines) is 1. The fraction of sp³-hybridized carbons (Fsp3) is 0.333. The fourth-order valence-electron chi connectivity index (χ4n) is 2.05. The summed E-state index contributed by atoms with van der Waals surface area (Å²) in [5.74, 6) is -0.979. The molecule has 1 fully saturated rings. The first kappa shape index (κ1) is 14.1. The van der Waals surface area contributed by atoms with Gasteiger partial charge in [0.25, 0.3) is 0 Å². The number of rotatable bonds is 2. The van der Waals surface area contributed by atoms with Crippen LogP contribution in [0.15, 0.2) is 22.7 Å². The Morgan fingerprint density at radius 2 is 2.21 bits per heavy atom. The van der Waals surface area contributed by atoms with Crippen LogP contribution in [0.25, 0.3) is 0 Å². The Bertz CT molecular complexity index is 524. The minimum atomic E-state index is -0.979. The van der Waals surface area contributed by atoms with Gasteiger partial charge in [-0.25, -0.2) is 9.59 Å². The SMILES string of the molecule is O=C(O)[C@H]1CCCN1C(=O)Nc1cc(Br)ccc1Cl. The second-order valence-electron chi connectivity index (χ2n) is 4.24. The molecule has 0 aromatic heterocycles. The van der Waals surface area contributed by atoms with Crippen LogP contribution in [0.4, 0.5) is 10.5 Å². The number of carbonyl (C=O) groups excluding carboxylic acids is 1. The summed E-state index contributed by atoms with van der Waals surface area (Å²) in [6.07, 6.45) is 1.17. The van der Waals surface area contributed by atoms with Crippen molar-refractivity contribution in [2.75, 3.05) is 11.9 Å². The Hall–Kier alpha value is -1.27. The smallest absolute Gasteiger partial charge is 0.326 e. The second-order valence-corrected chi connectivity index (χ2v) is 5.57. The van der Waals surface area contributed by atoms with Crippen molar-refractivity contribution >= 4 is 45.2 Å². The van der Waals surface area contributed by atoms with Gasteiger partial charge in [-0.05, 0) is 31.0 Å². The Balaban J connectivity index is 2.12. The van der Waals surface area contributed by atoms with Crippen molar-refractivity contribution < 1.29 is 14.7 Å². The summed E-state index contributed by atoms with van der Waals surface area (Å²) in [7, 11) is 0. The summed E-state index contributed by atoms with van der Waals surface area (Å²) in [6, 6.07) is 3.88. The van der Waals surface area contributed by atoms with Crippen LogP contribution in [0.3, 0.4) is 0 Å². The maximum absolute atomic E-state index is 12.1. The zero-order valence-corrected chi connectivity index (χ0v) is 12.2. The third-order valence-corrected chi connectivity index (χ3v) is 3.79. The molecule has 7 heteroatoms. The van der Waals surface area contributed by atoms with Crippen molar-refractivity contribution in [1.82, 2.24) is 4.90 Å². The summed E-state index contributed by atoms with van der Waals surface area (Å²) in [5, 5.41) is 12.1. The highest BCUT2D eigenvalue weighted by Gasteiger charge is 2.34. The van der Waals surface area contributed by atoms with Gasteiger partial charge in [-0.15, -0.1) is 0 Å². The molecule has 1 aliphatic rings. The third kappa shape index (κ3) is 3.19. The monoisotopic (exact) mass is 346 g/mol. The van der Waals surface area contributed by atoms with E-state index in [4.69, 9.17) is 16.7 Å². The largest absolute Gasteiger partial charge is 0.480 e. The molecule has 102 valence electrons. The number of nitrogens with one attached hydrogen (secondary N) is 1. The molecule has 19 heavy (non-hydrogen) atoms. The topological polar surface area (TPSA) is 69.6 Å². The lowest BCUT2D eigenvalue weighted by molar-refractivity contribution is -0.141. The van der Waals surface area contributed by atoms with Gasteiger partial charge in [-0.2, -0.15) is 0 Å². The Kier molecular flexibility index (Phi) is 4.31. The number of anilines is 1. The Labute approximate surface area is 123 Å². The summed E-state index contributed by atoms with van der Waals surface area (Å²) in [5.41, 5.74) is 0.456. The van der Waals surface area contributed by atoms with E-state index in [9.17, 15) is 9.59 Å². The standard InChI is InChI=1S/C12H12BrClN2O3/c13-7-3-4-8(14)9(6-7)15-12(19)16-5-1-2-10(16)11(17)18/h3-4,6,10H,1-2,5H2,(H,15,19)(H,17,18)/t10-/m1/s1. The van der Waals surface area contributed by atoms with Crippen molar-refractivity contribution in [3.63, 3.8) is 0 Å². The van der Waals surface area contributed by atoms with E-state index in [0.29, 0.717) is 30.1 Å². The lowest BCUT2D eigenvalue weighted by Gasteiger charge is -2.22. The number of hydrogen-bond acceptors (Lipinski definition) is 2. The molecule has 1 aromatic rings. The van der Waals surface area contributed by atoms with E-state index in [1.54, 1.807) is 18.2 Å². The van der Waals surface area contributed by atoms with Crippen LogP contribution >= 0.6 is 27.5 Å². The number of benzene rings is 1. The predicted molar refractivity (Wildman–Crippen MR) is 75.5 cm³/mol. The van der Waals surface area contributed by atoms with Gasteiger partial charge >= 0.3 is 12.0 Å². The number of urea groups is 1. The summed E-state index contributed by atoms with van der Waals surface area (Å²) < 4.78 is 0.781. The number of hydrogen-bond donors (Lipinski definition) is 2. The number of carboxylic acids is 1. The first-order valence-electron chi connectivity index (χ1n) is 5.74. The van der Waals surface area contributed by atoms with E-state index in [1.807, 2.05) is 0 Å². The van der Waals surface area contributed by atoms with Crippen molar-refractivity contribution in [3.8, 4) is 0 Å². The number of aliphatic carboxylic acids is 1. The molecule has 2 rings (SSSR count). The van der Waals surface area contributed by atoms with Crippen LogP contribution in [0.2, 0.25) is 5.02 Å². The van der Waals surface area contributed by atoms with E-state index in [-0.39, 0.29) is 0 Å². The molecular formula is C12H12BrClN2O3. The van der Waals surface area contributed by atoms with Gasteiger partial charge in [0.05, 0.1) is 10.7 Å². The molecule has 1 atom stereocenters. The molecule has 0 bridgehead atoms. The van der Waals surface area contributed by atoms with Gasteiger partial charge in [0.1, 0.15) is 6.04 Å². The molecule has 1 aromatic carbocycles. The number of nitrogens with zero attached hydrogens (tertiary/aromatic N) is 1. The lowest BCUT2D eigenvalue weighted by atomic mass is 10.2. The van der Waals surface area contributed by atoms with Crippen LogP contribution in [0, 0.1) is 0 Å². The van der Waals surface area contributed by atoms with E-state index < -0.39 is 18.0 Å². The highest BCUT2D eigenvalue weighted by Crippen LogP contribution is 2.27. The van der Waals surface area contributed by atoms with Gasteiger partial charge in [-0.1, -0.05) is 27.5 Å². The zero-order chi connectivity index (χ0) is 14.0. The van der Waals surface area contributed by atoms with E-state index in [2.05, 4.69) is 21.2 Å². The molecule has 0 spiro atoms. The van der Waals surface area contributed by atoms with Gasteiger partial charge in [0.15, 0.2) is 0 Å². The minimum Gasteiger partial charge on any atom is -0.480 e. The van der Waals surface area contributed by atoms with Crippen molar-refractivity contribution in [1.29, 1.82) is 0 Å². The highest BCUT2D eigenvalue weighted by molar-refractivity contribution is 9.10. The Morgan fingerprint density at radius 3 is 2.89 bits per heavy atom. The second kappa shape index (κ2) is 5.79. The highest BCUT2D eigenvalue weighted by atomic mass is 79.9. The molecule has 1 heterocycles. The molecular weight excluding hydrogens is 336 g/mol. The molecule has 0 saturated carbocycles. The first-order chi connectivity index (χ1) is 8.99. The third-order valence-electron chi connectivity index (χ3n) is 2.97. The zero-order valence-electron chi connectivity index (χ0n) is 9.90. The summed E-state index contributed by atoms with van der Waals surface area (Å²) in [4.78, 5) is 24.4. The van der Waals surface area contributed by atoms with Crippen molar-refractivity contribution in [2.24, 2.45) is 0 Å². The average molecular weight is 348 g/mol. The van der Waals surface area contributed by atoms with Gasteiger partial charge < -0.3 is 15.3 Å². The first-order valence-corrected chi connectivity index (χ1v) is 6.91. The van der Waals surface area contributed by atoms with Crippen LogP contribution in [-0.2, 0) is 4.79 Å². The van der Waals surface area contributed by atoms with Gasteiger partial charge in [-0.3, -0.25) is 0 Å². The predicted octanol–water partition coefficient (Wildman–Crippen LogP) is 3.18. The average Bonchev–Trinajstić information content (AvgIpc) is 2.83. The van der Waals surface area contributed by atoms with Gasteiger partial charge in [0, 0.05) is 11.0 Å². The van der Waals surface area contributed by atoms with Crippen molar-refractivity contribution in [2.45, 2.75) is 18.9 Å². The Morgan fingerprint density at radius 1 is 1.47 bits per heavy atom. The fourth-order valence-corrected chi connectivity index (χ4v) is 2.57. The molecule has 5 nitrogen and oxygen atoms in total. The van der Waals surface area contributed by atoms with Crippen LogP contribution in [-0.4, -0.2) is 34.6 Å². The van der Waals surface area contributed by atoms with E-state index >= 15 is 0 Å². The van der Waals surface area contributed by atoms with E-state index in [1.165, 1.54) is 4.90 Å². The quantitative estimate of drug-likeness (QED) is 0.863. The van der Waals surface area contributed by atoms with Gasteiger partial charge in [0.2, 0.25) is 0 Å². The molecule has 2 amide bonds. The normalized spacial score (nSPS) is 18.4. The number of halogens is 2. The number of amides is 2. The minimum absolute atomic E-state index is 0.405. The maximum atomic E-state index is 12.1. The molecule has 1 aliphatic heterocycles. The van der Waals surface area contributed by atoms with E-state index in [0.717, 1.165) is 4.47 Å². The number of carbonyl (C=O) groups is 2. The molecule has 0 aliphatic carbocycles. The number of carboxylic acid groups (broad SMARTS) is 1. The molecule has 0 radical (unpaired) electrons. The van der Waals surface area contributed by atoms with Crippen LogP contribution in [0.1, 0.15) is 12.8 Å². The van der Waals surface area contributed by atoms with Crippen molar-refractivity contribution in [3.05, 3.63) is 27.7 Å². The lowest BCUT2D eigenvalue weighted by Crippen LogP contribution is -2.42. The summed E-state index contributed by atoms with van der Waals surface area (Å²) >= 11 is 9.26.